The van der Waals surface area contributed by atoms with Crippen LogP contribution < -0.4 is 5.32 Å². The molecule has 1 aromatic rings. The van der Waals surface area contributed by atoms with E-state index in [1.54, 1.807) is 11.4 Å². The maximum absolute atomic E-state index is 11.6. The lowest BCUT2D eigenvalue weighted by Crippen LogP contribution is -2.38. The molecule has 0 aliphatic rings. The monoisotopic (exact) mass is 285 g/mol. The van der Waals surface area contributed by atoms with Gasteiger partial charge in [-0.05, 0) is 29.3 Å². The zero-order valence-corrected chi connectivity index (χ0v) is 12.1. The van der Waals surface area contributed by atoms with Crippen LogP contribution in [0.5, 0.6) is 0 Å². The average molecular weight is 285 g/mol. The van der Waals surface area contributed by atoms with Crippen LogP contribution in [0, 0.1) is 5.92 Å². The zero-order valence-electron chi connectivity index (χ0n) is 11.3. The van der Waals surface area contributed by atoms with Crippen molar-refractivity contribution in [2.45, 2.75) is 32.9 Å². The van der Waals surface area contributed by atoms with Gasteiger partial charge in [-0.3, -0.25) is 4.79 Å². The Kier molecular flexibility index (Phi) is 5.98. The molecule has 0 aliphatic heterocycles. The topological polar surface area (TPSA) is 75.6 Å². The zero-order chi connectivity index (χ0) is 14.4. The van der Waals surface area contributed by atoms with E-state index in [0.717, 1.165) is 0 Å². The minimum Gasteiger partial charge on any atom is -0.477 e. The van der Waals surface area contributed by atoms with Gasteiger partial charge in [-0.25, -0.2) is 4.79 Å². The average Bonchev–Trinajstić information content (AvgIpc) is 2.81. The molecule has 5 nitrogen and oxygen atoms in total. The molecule has 1 rings (SSSR count). The molecule has 0 fully saturated rings. The van der Waals surface area contributed by atoms with Crippen molar-refractivity contribution >= 4 is 23.3 Å². The molecule has 0 spiro atoms. The van der Waals surface area contributed by atoms with Crippen LogP contribution in [0.2, 0.25) is 0 Å². The molecule has 1 heterocycles. The number of aromatic carboxylic acids is 1. The van der Waals surface area contributed by atoms with Crippen LogP contribution in [0.15, 0.2) is 11.4 Å². The van der Waals surface area contributed by atoms with Crippen LogP contribution in [-0.2, 0) is 16.1 Å². The van der Waals surface area contributed by atoms with Gasteiger partial charge in [-0.1, -0.05) is 13.8 Å². The Morgan fingerprint density at radius 3 is 2.68 bits per heavy atom. The Bertz CT molecular complexity index is 442. The summed E-state index contributed by atoms with van der Waals surface area (Å²) in [6.07, 6.45) is 0.652. The number of hydrogen-bond acceptors (Lipinski definition) is 5. The fourth-order valence-corrected chi connectivity index (χ4v) is 2.53. The van der Waals surface area contributed by atoms with E-state index in [1.807, 2.05) is 13.8 Å². The number of carboxylic acids is 1. The van der Waals surface area contributed by atoms with E-state index in [2.05, 4.69) is 5.32 Å². The quantitative estimate of drug-likeness (QED) is 0.751. The first-order valence-corrected chi connectivity index (χ1v) is 6.94. The molecule has 106 valence electrons. The SMILES string of the molecule is COC(=O)C(CC(C)C)NCc1ccsc1C(=O)O. The molecule has 1 unspecified atom stereocenters. The summed E-state index contributed by atoms with van der Waals surface area (Å²) in [5.41, 5.74) is 0.690. The van der Waals surface area contributed by atoms with E-state index in [9.17, 15) is 9.59 Å². The van der Waals surface area contributed by atoms with Crippen molar-refractivity contribution < 1.29 is 19.4 Å². The summed E-state index contributed by atoms with van der Waals surface area (Å²) in [6, 6.07) is 1.34. The van der Waals surface area contributed by atoms with Crippen molar-refractivity contribution in [2.75, 3.05) is 7.11 Å². The van der Waals surface area contributed by atoms with Crippen LogP contribution >= 0.6 is 11.3 Å². The summed E-state index contributed by atoms with van der Waals surface area (Å²) < 4.78 is 4.75. The van der Waals surface area contributed by atoms with E-state index in [-0.39, 0.29) is 5.97 Å². The maximum atomic E-state index is 11.6. The van der Waals surface area contributed by atoms with Crippen LogP contribution in [0.3, 0.4) is 0 Å². The highest BCUT2D eigenvalue weighted by Gasteiger charge is 2.21. The fourth-order valence-electron chi connectivity index (χ4n) is 1.77. The molecular formula is C13H19NO4S. The van der Waals surface area contributed by atoms with Gasteiger partial charge in [0, 0.05) is 6.54 Å². The van der Waals surface area contributed by atoms with Gasteiger partial charge in [-0.2, -0.15) is 0 Å². The summed E-state index contributed by atoms with van der Waals surface area (Å²) in [5, 5.41) is 13.8. The first-order valence-electron chi connectivity index (χ1n) is 6.06. The summed E-state index contributed by atoms with van der Waals surface area (Å²) in [5.74, 6) is -0.913. The Morgan fingerprint density at radius 2 is 2.16 bits per heavy atom. The highest BCUT2D eigenvalue weighted by molar-refractivity contribution is 7.12. The predicted molar refractivity (Wildman–Crippen MR) is 73.4 cm³/mol. The van der Waals surface area contributed by atoms with Gasteiger partial charge in [0.1, 0.15) is 10.9 Å². The van der Waals surface area contributed by atoms with Gasteiger partial charge in [0.2, 0.25) is 0 Å². The second-order valence-corrected chi connectivity index (χ2v) is 5.58. The van der Waals surface area contributed by atoms with Gasteiger partial charge in [0.05, 0.1) is 7.11 Å². The van der Waals surface area contributed by atoms with Crippen LogP contribution in [0.1, 0.15) is 35.5 Å². The van der Waals surface area contributed by atoms with E-state index in [1.165, 1.54) is 18.4 Å². The lowest BCUT2D eigenvalue weighted by Gasteiger charge is -2.18. The third-order valence-corrected chi connectivity index (χ3v) is 3.62. The first kappa shape index (κ1) is 15.7. The van der Waals surface area contributed by atoms with Crippen molar-refractivity contribution in [3.63, 3.8) is 0 Å². The molecule has 19 heavy (non-hydrogen) atoms. The molecule has 0 bridgehead atoms. The summed E-state index contributed by atoms with van der Waals surface area (Å²) in [7, 11) is 1.35. The highest BCUT2D eigenvalue weighted by Crippen LogP contribution is 2.17. The maximum Gasteiger partial charge on any atom is 0.346 e. The van der Waals surface area contributed by atoms with Gasteiger partial charge < -0.3 is 15.2 Å². The normalized spacial score (nSPS) is 12.4. The fraction of sp³-hybridized carbons (Fsp3) is 0.538. The highest BCUT2D eigenvalue weighted by atomic mass is 32.1. The van der Waals surface area contributed by atoms with Gasteiger partial charge >= 0.3 is 11.9 Å². The number of rotatable bonds is 7. The molecular weight excluding hydrogens is 266 g/mol. The molecule has 0 aliphatic carbocycles. The van der Waals surface area contributed by atoms with Crippen LogP contribution in [0.25, 0.3) is 0 Å². The second-order valence-electron chi connectivity index (χ2n) is 4.67. The van der Waals surface area contributed by atoms with Crippen LogP contribution in [0.4, 0.5) is 0 Å². The van der Waals surface area contributed by atoms with E-state index in [0.29, 0.717) is 29.3 Å². The van der Waals surface area contributed by atoms with Gasteiger partial charge in [-0.15, -0.1) is 11.3 Å². The van der Waals surface area contributed by atoms with Crippen molar-refractivity contribution in [1.29, 1.82) is 0 Å². The lowest BCUT2D eigenvalue weighted by atomic mass is 10.0. The Balaban J connectivity index is 2.67. The number of ether oxygens (including phenoxy) is 1. The van der Waals surface area contributed by atoms with Gasteiger partial charge in [0.25, 0.3) is 0 Å². The van der Waals surface area contributed by atoms with Crippen molar-refractivity contribution in [3.8, 4) is 0 Å². The van der Waals surface area contributed by atoms with E-state index >= 15 is 0 Å². The molecule has 0 saturated heterocycles. The number of carbonyl (C=O) groups is 2. The van der Waals surface area contributed by atoms with Crippen LogP contribution in [-0.4, -0.2) is 30.2 Å². The molecule has 0 radical (unpaired) electrons. The molecule has 6 heteroatoms. The molecule has 0 aromatic carbocycles. The Labute approximate surface area is 116 Å². The van der Waals surface area contributed by atoms with Gasteiger partial charge in [0.15, 0.2) is 0 Å². The summed E-state index contributed by atoms with van der Waals surface area (Å²) in [4.78, 5) is 22.9. The van der Waals surface area contributed by atoms with E-state index in [4.69, 9.17) is 9.84 Å². The van der Waals surface area contributed by atoms with Crippen molar-refractivity contribution in [1.82, 2.24) is 5.32 Å². The standard InChI is InChI=1S/C13H19NO4S/c1-8(2)6-10(13(17)18-3)14-7-9-4-5-19-11(9)12(15)16/h4-5,8,10,14H,6-7H2,1-3H3,(H,15,16). The second kappa shape index (κ2) is 7.25. The predicted octanol–water partition coefficient (Wildman–Crippen LogP) is 2.12. The number of thiophene rings is 1. The molecule has 0 saturated carbocycles. The smallest absolute Gasteiger partial charge is 0.346 e. The lowest BCUT2D eigenvalue weighted by molar-refractivity contribution is -0.143. The van der Waals surface area contributed by atoms with E-state index < -0.39 is 12.0 Å². The third kappa shape index (κ3) is 4.65. The molecule has 1 atom stereocenters. The molecule has 1 aromatic heterocycles. The number of hydrogen-bond donors (Lipinski definition) is 2. The molecule has 0 amide bonds. The number of carboxylic acid groups (broad SMARTS) is 1. The van der Waals surface area contributed by atoms with Crippen molar-refractivity contribution in [2.24, 2.45) is 5.92 Å². The van der Waals surface area contributed by atoms with Crippen molar-refractivity contribution in [3.05, 3.63) is 21.9 Å². The number of nitrogens with one attached hydrogen (secondary N) is 1. The number of esters is 1. The minimum atomic E-state index is -0.940. The Hall–Kier alpha value is -1.40. The summed E-state index contributed by atoms with van der Waals surface area (Å²) >= 11 is 1.18. The number of carbonyl (C=O) groups excluding carboxylic acids is 1. The minimum absolute atomic E-state index is 0.306. The number of methoxy groups -OCH3 is 1. The Morgan fingerprint density at radius 1 is 1.47 bits per heavy atom. The third-order valence-electron chi connectivity index (χ3n) is 2.67. The first-order chi connectivity index (χ1) is 8.95. The molecule has 2 N–H and O–H groups in total. The largest absolute Gasteiger partial charge is 0.477 e. The summed E-state index contributed by atoms with van der Waals surface area (Å²) in [6.45, 7) is 4.38.